The van der Waals surface area contributed by atoms with Crippen LogP contribution in [0.2, 0.25) is 0 Å². The number of hydrogen-bond donors (Lipinski definition) is 0. The predicted octanol–water partition coefficient (Wildman–Crippen LogP) is 13.4. The Morgan fingerprint density at radius 3 is 1.51 bits per heavy atom. The molecule has 10 aromatic rings. The van der Waals surface area contributed by atoms with E-state index in [0.717, 1.165) is 27.5 Å². The highest BCUT2D eigenvalue weighted by Crippen LogP contribution is 2.42. The Bertz CT molecular complexity index is 2930. The van der Waals surface area contributed by atoms with Crippen molar-refractivity contribution >= 4 is 42.3 Å². The number of thiophene rings is 1. The highest BCUT2D eigenvalue weighted by Gasteiger charge is 2.19. The fraction of sp³-hybridized carbons (Fsp3) is 0. The highest BCUT2D eigenvalue weighted by atomic mass is 32.1. The molecule has 10 rings (SSSR count). The molecule has 0 atom stereocenters. The minimum absolute atomic E-state index is 0.652. The molecule has 0 spiro atoms. The van der Waals surface area contributed by atoms with Crippen LogP contribution in [0.15, 0.2) is 188 Å². The van der Waals surface area contributed by atoms with Gasteiger partial charge in [-0.15, -0.1) is 11.3 Å². The van der Waals surface area contributed by atoms with Crippen LogP contribution in [0.4, 0.5) is 0 Å². The van der Waals surface area contributed by atoms with Crippen molar-refractivity contribution in [2.45, 2.75) is 0 Å². The molecule has 0 unspecified atom stereocenters. The molecule has 0 saturated carbocycles. The van der Waals surface area contributed by atoms with Crippen LogP contribution in [-0.2, 0) is 0 Å². The van der Waals surface area contributed by atoms with Crippen LogP contribution < -0.4 is 0 Å². The lowest BCUT2D eigenvalue weighted by molar-refractivity contribution is 1.08. The first-order chi connectivity index (χ1) is 26.3. The summed E-state index contributed by atoms with van der Waals surface area (Å²) in [6.07, 6.45) is 0. The Labute approximate surface area is 311 Å². The van der Waals surface area contributed by atoms with E-state index in [0.29, 0.717) is 17.5 Å². The summed E-state index contributed by atoms with van der Waals surface area (Å²) in [6.45, 7) is 0. The van der Waals surface area contributed by atoms with E-state index in [9.17, 15) is 0 Å². The van der Waals surface area contributed by atoms with E-state index in [1.807, 2.05) is 18.2 Å². The summed E-state index contributed by atoms with van der Waals surface area (Å²) in [5.41, 5.74) is 10.1. The maximum Gasteiger partial charge on any atom is 0.165 e. The molecule has 4 heteroatoms. The second kappa shape index (κ2) is 13.1. The van der Waals surface area contributed by atoms with Crippen molar-refractivity contribution in [1.82, 2.24) is 15.0 Å². The van der Waals surface area contributed by atoms with Crippen LogP contribution in [0.25, 0.3) is 98.5 Å². The van der Waals surface area contributed by atoms with Crippen LogP contribution in [0.1, 0.15) is 0 Å². The molecule has 0 fully saturated rings. The van der Waals surface area contributed by atoms with Gasteiger partial charge in [0.05, 0.1) is 0 Å². The minimum atomic E-state index is 0.652. The second-order valence-electron chi connectivity index (χ2n) is 13.1. The standard InChI is InChI=1S/C49H31N3S/c1-3-14-32(15-4-1)33-26-28-34(29-27-33)36-18-7-8-19-37(36)40-30-31-43(39-21-10-9-20-38(39)40)48-50-47(35-16-5-2-6-17-35)51-49(52-48)44-24-13-23-42-41-22-11-12-25-45(41)53-46(42)44/h1-31H. The van der Waals surface area contributed by atoms with Gasteiger partial charge in [-0.2, -0.15) is 0 Å². The Morgan fingerprint density at radius 2 is 0.755 bits per heavy atom. The van der Waals surface area contributed by atoms with E-state index in [4.69, 9.17) is 15.0 Å². The summed E-state index contributed by atoms with van der Waals surface area (Å²) >= 11 is 1.79. The zero-order chi connectivity index (χ0) is 35.1. The van der Waals surface area contributed by atoms with Gasteiger partial charge >= 0.3 is 0 Å². The van der Waals surface area contributed by atoms with E-state index in [1.54, 1.807) is 11.3 Å². The first kappa shape index (κ1) is 31.0. The van der Waals surface area contributed by atoms with Crippen LogP contribution in [0.3, 0.4) is 0 Å². The Morgan fingerprint density at radius 1 is 0.264 bits per heavy atom. The summed E-state index contributed by atoms with van der Waals surface area (Å²) in [5.74, 6) is 1.98. The number of nitrogens with zero attached hydrogens (tertiary/aromatic N) is 3. The van der Waals surface area contributed by atoms with Gasteiger partial charge in [-0.1, -0.05) is 170 Å². The van der Waals surface area contributed by atoms with Gasteiger partial charge in [0.15, 0.2) is 17.5 Å². The van der Waals surface area contributed by atoms with Crippen LogP contribution in [0.5, 0.6) is 0 Å². The summed E-state index contributed by atoms with van der Waals surface area (Å²) in [6, 6.07) is 66.3. The quantitative estimate of drug-likeness (QED) is 0.174. The van der Waals surface area contributed by atoms with Crippen LogP contribution in [-0.4, -0.2) is 15.0 Å². The Kier molecular flexibility index (Phi) is 7.67. The molecular weight excluding hydrogens is 663 g/mol. The summed E-state index contributed by atoms with van der Waals surface area (Å²) in [5, 5.41) is 4.71. The third-order valence-corrected chi connectivity index (χ3v) is 11.2. The average Bonchev–Trinajstić information content (AvgIpc) is 3.63. The minimum Gasteiger partial charge on any atom is -0.208 e. The Balaban J connectivity index is 1.14. The predicted molar refractivity (Wildman–Crippen MR) is 223 cm³/mol. The number of benzene rings is 8. The molecule has 53 heavy (non-hydrogen) atoms. The molecule has 0 aliphatic heterocycles. The van der Waals surface area contributed by atoms with E-state index in [2.05, 4.69) is 170 Å². The molecule has 248 valence electrons. The molecule has 0 amide bonds. The van der Waals surface area contributed by atoms with Gasteiger partial charge in [0, 0.05) is 36.9 Å². The summed E-state index contributed by atoms with van der Waals surface area (Å²) < 4.78 is 2.43. The number of fused-ring (bicyclic) bond motifs is 4. The van der Waals surface area contributed by atoms with E-state index in [1.165, 1.54) is 53.6 Å². The fourth-order valence-corrected chi connectivity index (χ4v) is 8.64. The van der Waals surface area contributed by atoms with Crippen molar-refractivity contribution in [3.63, 3.8) is 0 Å². The topological polar surface area (TPSA) is 38.7 Å². The third kappa shape index (κ3) is 5.57. The lowest BCUT2D eigenvalue weighted by Crippen LogP contribution is -2.01. The SMILES string of the molecule is c1ccc(-c2ccc(-c3ccccc3-c3ccc(-c4nc(-c5ccccc5)nc(-c5cccc6c5sc5ccccc56)n4)c4ccccc34)cc2)cc1. The molecule has 0 aliphatic rings. The molecule has 2 heterocycles. The van der Waals surface area contributed by atoms with Crippen molar-refractivity contribution in [2.75, 3.05) is 0 Å². The van der Waals surface area contributed by atoms with Gasteiger partial charge in [-0.3, -0.25) is 0 Å². The highest BCUT2D eigenvalue weighted by molar-refractivity contribution is 7.26. The zero-order valence-corrected chi connectivity index (χ0v) is 29.5. The first-order valence-corrected chi connectivity index (χ1v) is 18.6. The molecule has 0 saturated heterocycles. The second-order valence-corrected chi connectivity index (χ2v) is 14.2. The number of hydrogen-bond acceptors (Lipinski definition) is 4. The van der Waals surface area contributed by atoms with Gasteiger partial charge in [0.2, 0.25) is 0 Å². The first-order valence-electron chi connectivity index (χ1n) is 17.8. The third-order valence-electron chi connectivity index (χ3n) is 10.00. The lowest BCUT2D eigenvalue weighted by Gasteiger charge is -2.16. The van der Waals surface area contributed by atoms with Crippen molar-refractivity contribution in [3.05, 3.63) is 188 Å². The largest absolute Gasteiger partial charge is 0.208 e. The maximum absolute atomic E-state index is 5.26. The van der Waals surface area contributed by atoms with Gasteiger partial charge < -0.3 is 0 Å². The molecule has 0 N–H and O–H groups in total. The normalized spacial score (nSPS) is 11.4. The van der Waals surface area contributed by atoms with Gasteiger partial charge in [0.25, 0.3) is 0 Å². The van der Waals surface area contributed by atoms with Gasteiger partial charge in [-0.25, -0.2) is 15.0 Å². The number of rotatable bonds is 6. The van der Waals surface area contributed by atoms with Crippen LogP contribution >= 0.6 is 11.3 Å². The van der Waals surface area contributed by atoms with E-state index >= 15 is 0 Å². The monoisotopic (exact) mass is 693 g/mol. The molecule has 0 radical (unpaired) electrons. The maximum atomic E-state index is 5.26. The van der Waals surface area contributed by atoms with Gasteiger partial charge in [0.1, 0.15) is 0 Å². The van der Waals surface area contributed by atoms with Crippen molar-refractivity contribution < 1.29 is 0 Å². The van der Waals surface area contributed by atoms with Crippen LogP contribution in [0, 0.1) is 0 Å². The molecular formula is C49H31N3S. The molecule has 0 aliphatic carbocycles. The summed E-state index contributed by atoms with van der Waals surface area (Å²) in [7, 11) is 0. The Hall–Kier alpha value is -6.75. The molecule has 8 aromatic carbocycles. The summed E-state index contributed by atoms with van der Waals surface area (Å²) in [4.78, 5) is 15.5. The fourth-order valence-electron chi connectivity index (χ4n) is 7.43. The number of aromatic nitrogens is 3. The molecule has 3 nitrogen and oxygen atoms in total. The molecule has 2 aromatic heterocycles. The van der Waals surface area contributed by atoms with Crippen molar-refractivity contribution in [2.24, 2.45) is 0 Å². The van der Waals surface area contributed by atoms with E-state index < -0.39 is 0 Å². The van der Waals surface area contributed by atoms with E-state index in [-0.39, 0.29) is 0 Å². The smallest absolute Gasteiger partial charge is 0.165 e. The van der Waals surface area contributed by atoms with Gasteiger partial charge in [-0.05, 0) is 62.4 Å². The average molecular weight is 694 g/mol. The molecule has 0 bridgehead atoms. The van der Waals surface area contributed by atoms with Crippen molar-refractivity contribution in [1.29, 1.82) is 0 Å². The van der Waals surface area contributed by atoms with Crippen molar-refractivity contribution in [3.8, 4) is 67.5 Å². The zero-order valence-electron chi connectivity index (χ0n) is 28.6. The lowest BCUT2D eigenvalue weighted by atomic mass is 9.89.